The molecule has 0 saturated carbocycles. The van der Waals surface area contributed by atoms with Crippen LogP contribution in [-0.2, 0) is 0 Å². The Morgan fingerprint density at radius 2 is 2.60 bits per heavy atom. The molecule has 0 radical (unpaired) electrons. The van der Waals surface area contributed by atoms with E-state index in [-0.39, 0.29) is 1.43 Å². The molecule has 0 atom stereocenters. The number of nitrogens with one attached hydrogen (secondary N) is 1. The Kier molecular flexibility index (Phi) is 2.54. The van der Waals surface area contributed by atoms with Crippen molar-refractivity contribution in [2.75, 3.05) is 26.7 Å². The third kappa shape index (κ3) is 1.40. The fraction of sp³-hybridized carbons (Fsp3) is 0.857. The number of hydrogen-bond acceptors (Lipinski definition) is 1. The number of hydrogen-bond donors (Lipinski definition) is 1. The molecule has 0 amide bonds. The van der Waals surface area contributed by atoms with Crippen molar-refractivity contribution in [1.82, 2.24) is 10.2 Å². The molecule has 1 N–H and O–H groups in total. The smallest absolute Gasteiger partial charge is 0.193 e. The molecule has 0 aliphatic carbocycles. The third-order valence-electron chi connectivity index (χ3n) is 1.78. The van der Waals surface area contributed by atoms with Crippen molar-refractivity contribution in [3.05, 3.63) is 0 Å². The molecule has 60 valence electrons. The number of aliphatic imine (C=N–C) groups is 1. The highest BCUT2D eigenvalue weighted by Gasteiger charge is 2.11. The molecule has 1 aliphatic heterocycles. The first kappa shape index (κ1) is 7.38. The Bertz CT molecular complexity index is 136. The molecular formula is C7H17N3. The average Bonchev–Trinajstić information content (AvgIpc) is 2.04. The molecule has 1 heterocycles. The normalized spacial score (nSPS) is 23.0. The minimum atomic E-state index is 0. The Balaban J connectivity index is 0.000001000. The van der Waals surface area contributed by atoms with Gasteiger partial charge in [-0.15, -0.1) is 0 Å². The zero-order valence-corrected chi connectivity index (χ0v) is 6.72. The summed E-state index contributed by atoms with van der Waals surface area (Å²) < 4.78 is 0. The third-order valence-corrected chi connectivity index (χ3v) is 1.78. The van der Waals surface area contributed by atoms with Crippen LogP contribution in [0.3, 0.4) is 0 Å². The minimum Gasteiger partial charge on any atom is -0.356 e. The summed E-state index contributed by atoms with van der Waals surface area (Å²) in [6.45, 7) is 5.43. The molecule has 0 aromatic carbocycles. The van der Waals surface area contributed by atoms with E-state index in [2.05, 4.69) is 22.1 Å². The van der Waals surface area contributed by atoms with Gasteiger partial charge in [-0.3, -0.25) is 4.99 Å². The first-order valence-corrected chi connectivity index (χ1v) is 3.84. The van der Waals surface area contributed by atoms with E-state index >= 15 is 0 Å². The zero-order valence-electron chi connectivity index (χ0n) is 6.72. The molecule has 3 heteroatoms. The van der Waals surface area contributed by atoms with Crippen molar-refractivity contribution in [1.29, 1.82) is 0 Å². The van der Waals surface area contributed by atoms with Crippen molar-refractivity contribution in [2.24, 2.45) is 4.99 Å². The summed E-state index contributed by atoms with van der Waals surface area (Å²) in [7, 11) is 1.83. The molecule has 1 fully saturated rings. The molecule has 0 unspecified atom stereocenters. The van der Waals surface area contributed by atoms with Crippen molar-refractivity contribution in [3.63, 3.8) is 0 Å². The summed E-state index contributed by atoms with van der Waals surface area (Å²) in [6.07, 6.45) is 1.23. The lowest BCUT2D eigenvalue weighted by atomic mass is 10.3. The van der Waals surface area contributed by atoms with Crippen molar-refractivity contribution < 1.29 is 1.43 Å². The van der Waals surface area contributed by atoms with Gasteiger partial charge in [-0.05, 0) is 13.3 Å². The zero-order chi connectivity index (χ0) is 7.40. The van der Waals surface area contributed by atoms with Gasteiger partial charge in [-0.1, -0.05) is 0 Å². The van der Waals surface area contributed by atoms with Crippen LogP contribution in [0.2, 0.25) is 0 Å². The van der Waals surface area contributed by atoms with E-state index in [1.54, 1.807) is 0 Å². The molecule has 1 aliphatic rings. The van der Waals surface area contributed by atoms with Crippen molar-refractivity contribution >= 4 is 5.96 Å². The van der Waals surface area contributed by atoms with E-state index < -0.39 is 0 Å². The fourth-order valence-electron chi connectivity index (χ4n) is 1.22. The quantitative estimate of drug-likeness (QED) is 0.580. The van der Waals surface area contributed by atoms with Gasteiger partial charge in [0, 0.05) is 28.1 Å². The Hall–Kier alpha value is -0.730. The molecule has 0 bridgehead atoms. The minimum absolute atomic E-state index is 0. The van der Waals surface area contributed by atoms with Gasteiger partial charge < -0.3 is 10.2 Å². The number of guanidine groups is 1. The van der Waals surface area contributed by atoms with Gasteiger partial charge in [-0.2, -0.15) is 0 Å². The molecule has 1 rings (SSSR count). The van der Waals surface area contributed by atoms with E-state index in [1.165, 1.54) is 6.42 Å². The highest BCUT2D eigenvalue weighted by molar-refractivity contribution is 5.80. The van der Waals surface area contributed by atoms with Crippen LogP contribution in [0, 0.1) is 0 Å². The lowest BCUT2D eigenvalue weighted by molar-refractivity contribution is 0.383. The first-order chi connectivity index (χ1) is 4.88. The van der Waals surface area contributed by atoms with E-state index in [9.17, 15) is 0 Å². The topological polar surface area (TPSA) is 27.6 Å². The van der Waals surface area contributed by atoms with Gasteiger partial charge >= 0.3 is 0 Å². The summed E-state index contributed by atoms with van der Waals surface area (Å²) in [5, 5.41) is 3.25. The maximum Gasteiger partial charge on any atom is 0.193 e. The lowest BCUT2D eigenvalue weighted by Crippen LogP contribution is -2.47. The molecule has 3 nitrogen and oxygen atoms in total. The highest BCUT2D eigenvalue weighted by Crippen LogP contribution is 1.97. The largest absolute Gasteiger partial charge is 0.356 e. The van der Waals surface area contributed by atoms with Gasteiger partial charge in [0.05, 0.1) is 0 Å². The monoisotopic (exact) mass is 143 g/mol. The number of nitrogens with zero attached hydrogens (tertiary/aromatic N) is 2. The SMILES string of the molecule is CCN1CCCNC1=NC.[HH]. The first-order valence-electron chi connectivity index (χ1n) is 3.84. The van der Waals surface area contributed by atoms with Crippen LogP contribution >= 0.6 is 0 Å². The Labute approximate surface area is 63.6 Å². The van der Waals surface area contributed by atoms with E-state index in [0.717, 1.165) is 25.6 Å². The lowest BCUT2D eigenvalue weighted by Gasteiger charge is -2.29. The van der Waals surface area contributed by atoms with Crippen LogP contribution in [0.5, 0.6) is 0 Å². The van der Waals surface area contributed by atoms with E-state index in [4.69, 9.17) is 0 Å². The predicted molar refractivity (Wildman–Crippen MR) is 45.3 cm³/mol. The van der Waals surface area contributed by atoms with Gasteiger partial charge in [0.15, 0.2) is 5.96 Å². The van der Waals surface area contributed by atoms with Crippen molar-refractivity contribution in [3.8, 4) is 0 Å². The predicted octanol–water partition coefficient (Wildman–Crippen LogP) is 0.533. The standard InChI is InChI=1S/C7H15N3.H2/c1-3-10-6-4-5-9-7(10)8-2;/h3-6H2,1-2H3,(H,8,9);1H. The van der Waals surface area contributed by atoms with Crippen LogP contribution in [0.15, 0.2) is 4.99 Å². The summed E-state index contributed by atoms with van der Waals surface area (Å²) in [4.78, 5) is 6.38. The van der Waals surface area contributed by atoms with Crippen LogP contribution in [0.4, 0.5) is 0 Å². The Morgan fingerprint density at radius 1 is 1.80 bits per heavy atom. The second-order valence-electron chi connectivity index (χ2n) is 2.41. The molecule has 0 aromatic heterocycles. The molecule has 10 heavy (non-hydrogen) atoms. The molecule has 0 spiro atoms. The van der Waals surface area contributed by atoms with Crippen LogP contribution < -0.4 is 5.32 Å². The van der Waals surface area contributed by atoms with E-state index in [1.807, 2.05) is 7.05 Å². The summed E-state index contributed by atoms with van der Waals surface area (Å²) in [6, 6.07) is 0. The van der Waals surface area contributed by atoms with Crippen LogP contribution in [-0.4, -0.2) is 37.5 Å². The average molecular weight is 143 g/mol. The molecular weight excluding hydrogens is 126 g/mol. The Morgan fingerprint density at radius 3 is 3.10 bits per heavy atom. The summed E-state index contributed by atoms with van der Waals surface area (Å²) in [5.74, 6) is 1.05. The summed E-state index contributed by atoms with van der Waals surface area (Å²) in [5.41, 5.74) is 0. The second-order valence-corrected chi connectivity index (χ2v) is 2.41. The van der Waals surface area contributed by atoms with Gasteiger partial charge in [-0.25, -0.2) is 0 Å². The van der Waals surface area contributed by atoms with Crippen LogP contribution in [0.25, 0.3) is 0 Å². The van der Waals surface area contributed by atoms with Gasteiger partial charge in [0.1, 0.15) is 0 Å². The maximum absolute atomic E-state index is 4.13. The van der Waals surface area contributed by atoms with E-state index in [0.29, 0.717) is 0 Å². The van der Waals surface area contributed by atoms with Crippen molar-refractivity contribution in [2.45, 2.75) is 13.3 Å². The molecule has 0 aromatic rings. The highest BCUT2D eigenvalue weighted by atomic mass is 15.3. The number of rotatable bonds is 1. The maximum atomic E-state index is 4.13. The van der Waals surface area contributed by atoms with Gasteiger partial charge in [0.25, 0.3) is 0 Å². The molecule has 1 saturated heterocycles. The fourth-order valence-corrected chi connectivity index (χ4v) is 1.22. The summed E-state index contributed by atoms with van der Waals surface area (Å²) >= 11 is 0. The second kappa shape index (κ2) is 3.44. The van der Waals surface area contributed by atoms with Gasteiger partial charge in [0.2, 0.25) is 0 Å². The van der Waals surface area contributed by atoms with Crippen LogP contribution in [0.1, 0.15) is 14.8 Å².